The fourth-order valence-corrected chi connectivity index (χ4v) is 2.24. The van der Waals surface area contributed by atoms with E-state index in [9.17, 15) is 10.1 Å². The van der Waals surface area contributed by atoms with Crippen molar-refractivity contribution in [2.24, 2.45) is 0 Å². The first-order valence-electron chi connectivity index (χ1n) is 6.74. The van der Waals surface area contributed by atoms with E-state index >= 15 is 0 Å². The molecular formula is C13H18N4O3S. The molecule has 0 spiro atoms. The lowest BCUT2D eigenvalue weighted by Gasteiger charge is -2.26. The minimum Gasteiger partial charge on any atom is -0.379 e. The fraction of sp³-hybridized carbons (Fsp3) is 0.462. The number of nitrogens with zero attached hydrogens (tertiary/aromatic N) is 2. The number of rotatable bonds is 5. The average Bonchev–Trinajstić information content (AvgIpc) is 2.48. The Kier molecular flexibility index (Phi) is 5.85. The van der Waals surface area contributed by atoms with Crippen LogP contribution < -0.4 is 10.6 Å². The van der Waals surface area contributed by atoms with Gasteiger partial charge in [0.25, 0.3) is 5.69 Å². The Bertz CT molecular complexity index is 506. The molecule has 1 heterocycles. The van der Waals surface area contributed by atoms with Crippen LogP contribution in [0.2, 0.25) is 0 Å². The third-order valence-electron chi connectivity index (χ3n) is 3.13. The summed E-state index contributed by atoms with van der Waals surface area (Å²) in [5, 5.41) is 17.2. The molecule has 0 saturated carbocycles. The van der Waals surface area contributed by atoms with Gasteiger partial charge in [-0.05, 0) is 18.3 Å². The maximum atomic E-state index is 10.7. The molecule has 7 nitrogen and oxygen atoms in total. The minimum absolute atomic E-state index is 0.0381. The molecule has 1 fully saturated rings. The number of anilines is 1. The molecule has 0 bridgehead atoms. The number of nitro groups is 1. The summed E-state index contributed by atoms with van der Waals surface area (Å²) in [4.78, 5) is 12.6. The number of hydrogen-bond donors (Lipinski definition) is 2. The van der Waals surface area contributed by atoms with Crippen molar-refractivity contribution in [3.05, 3.63) is 34.4 Å². The number of nitrogens with one attached hydrogen (secondary N) is 2. The Morgan fingerprint density at radius 1 is 1.43 bits per heavy atom. The molecule has 0 amide bonds. The second-order valence-electron chi connectivity index (χ2n) is 4.64. The third-order valence-corrected chi connectivity index (χ3v) is 3.38. The van der Waals surface area contributed by atoms with Gasteiger partial charge in [-0.25, -0.2) is 0 Å². The lowest BCUT2D eigenvalue weighted by Crippen LogP contribution is -2.42. The SMILES string of the molecule is O=[N+]([O-])c1cccc(NC(=S)NCCN2CCOCC2)c1. The van der Waals surface area contributed by atoms with E-state index in [1.54, 1.807) is 12.1 Å². The molecule has 2 N–H and O–H groups in total. The van der Waals surface area contributed by atoms with Crippen molar-refractivity contribution in [2.45, 2.75) is 0 Å². The summed E-state index contributed by atoms with van der Waals surface area (Å²) in [6, 6.07) is 6.26. The highest BCUT2D eigenvalue weighted by Gasteiger charge is 2.10. The van der Waals surface area contributed by atoms with Crippen LogP contribution in [0, 0.1) is 10.1 Å². The van der Waals surface area contributed by atoms with Crippen LogP contribution >= 0.6 is 12.2 Å². The van der Waals surface area contributed by atoms with Crippen molar-refractivity contribution in [3.63, 3.8) is 0 Å². The zero-order valence-electron chi connectivity index (χ0n) is 11.6. The number of hydrogen-bond acceptors (Lipinski definition) is 5. The molecule has 21 heavy (non-hydrogen) atoms. The number of morpholine rings is 1. The van der Waals surface area contributed by atoms with E-state index in [2.05, 4.69) is 15.5 Å². The highest BCUT2D eigenvalue weighted by molar-refractivity contribution is 7.80. The summed E-state index contributed by atoms with van der Waals surface area (Å²) < 4.78 is 5.28. The lowest BCUT2D eigenvalue weighted by molar-refractivity contribution is -0.384. The molecule has 1 aromatic rings. The smallest absolute Gasteiger partial charge is 0.271 e. The van der Waals surface area contributed by atoms with Gasteiger partial charge in [-0.1, -0.05) is 6.07 Å². The van der Waals surface area contributed by atoms with Crippen LogP contribution in [0.25, 0.3) is 0 Å². The van der Waals surface area contributed by atoms with Crippen LogP contribution in [-0.4, -0.2) is 54.3 Å². The van der Waals surface area contributed by atoms with E-state index < -0.39 is 4.92 Å². The predicted molar refractivity (Wildman–Crippen MR) is 84.6 cm³/mol. The maximum absolute atomic E-state index is 10.7. The van der Waals surface area contributed by atoms with E-state index in [-0.39, 0.29) is 5.69 Å². The van der Waals surface area contributed by atoms with Gasteiger partial charge in [0.15, 0.2) is 5.11 Å². The van der Waals surface area contributed by atoms with Crippen LogP contribution in [0.3, 0.4) is 0 Å². The van der Waals surface area contributed by atoms with Crippen molar-refractivity contribution >= 4 is 28.7 Å². The van der Waals surface area contributed by atoms with Crippen molar-refractivity contribution in [3.8, 4) is 0 Å². The quantitative estimate of drug-likeness (QED) is 0.481. The summed E-state index contributed by atoms with van der Waals surface area (Å²) in [6.45, 7) is 5.03. The molecule has 1 aromatic carbocycles. The Morgan fingerprint density at radius 2 is 2.19 bits per heavy atom. The Labute approximate surface area is 128 Å². The van der Waals surface area contributed by atoms with Gasteiger partial charge in [0.05, 0.1) is 18.1 Å². The zero-order valence-corrected chi connectivity index (χ0v) is 12.4. The van der Waals surface area contributed by atoms with Gasteiger partial charge < -0.3 is 15.4 Å². The van der Waals surface area contributed by atoms with Crippen molar-refractivity contribution in [1.29, 1.82) is 0 Å². The summed E-state index contributed by atoms with van der Waals surface area (Å²) in [7, 11) is 0. The molecule has 1 aliphatic rings. The minimum atomic E-state index is -0.430. The monoisotopic (exact) mass is 310 g/mol. The van der Waals surface area contributed by atoms with Gasteiger partial charge in [0.1, 0.15) is 0 Å². The molecule has 1 saturated heterocycles. The topological polar surface area (TPSA) is 79.7 Å². The van der Waals surface area contributed by atoms with Crippen molar-refractivity contribution in [2.75, 3.05) is 44.7 Å². The van der Waals surface area contributed by atoms with Crippen molar-refractivity contribution in [1.82, 2.24) is 10.2 Å². The van der Waals surface area contributed by atoms with Crippen molar-refractivity contribution < 1.29 is 9.66 Å². The van der Waals surface area contributed by atoms with E-state index in [0.717, 1.165) is 39.4 Å². The van der Waals surface area contributed by atoms with E-state index in [1.807, 2.05) is 0 Å². The predicted octanol–water partition coefficient (Wildman–Crippen LogP) is 1.21. The van der Waals surface area contributed by atoms with Gasteiger partial charge >= 0.3 is 0 Å². The molecular weight excluding hydrogens is 292 g/mol. The highest BCUT2D eigenvalue weighted by Crippen LogP contribution is 2.16. The molecule has 0 radical (unpaired) electrons. The molecule has 2 rings (SSSR count). The van der Waals surface area contributed by atoms with Gasteiger partial charge in [-0.3, -0.25) is 15.0 Å². The Hall–Kier alpha value is -1.77. The summed E-state index contributed by atoms with van der Waals surface area (Å²) in [5.74, 6) is 0. The highest BCUT2D eigenvalue weighted by atomic mass is 32.1. The van der Waals surface area contributed by atoms with Gasteiger partial charge in [0, 0.05) is 44.0 Å². The largest absolute Gasteiger partial charge is 0.379 e. The van der Waals surface area contributed by atoms with E-state index in [0.29, 0.717) is 10.8 Å². The number of thiocarbonyl (C=S) groups is 1. The first kappa shape index (κ1) is 15.6. The Balaban J connectivity index is 1.73. The van der Waals surface area contributed by atoms with E-state index in [4.69, 9.17) is 17.0 Å². The van der Waals surface area contributed by atoms with Gasteiger partial charge in [-0.2, -0.15) is 0 Å². The first-order valence-corrected chi connectivity index (χ1v) is 7.15. The van der Waals surface area contributed by atoms with Gasteiger partial charge in [-0.15, -0.1) is 0 Å². The number of non-ortho nitro benzene ring substituents is 1. The molecule has 0 aliphatic carbocycles. The summed E-state index contributed by atoms with van der Waals surface area (Å²) >= 11 is 5.18. The normalized spacial score (nSPS) is 15.4. The molecule has 114 valence electrons. The van der Waals surface area contributed by atoms with Crippen LogP contribution in [-0.2, 0) is 4.74 Å². The van der Waals surface area contributed by atoms with Crippen LogP contribution in [0.4, 0.5) is 11.4 Å². The van der Waals surface area contributed by atoms with Crippen LogP contribution in [0.1, 0.15) is 0 Å². The average molecular weight is 310 g/mol. The maximum Gasteiger partial charge on any atom is 0.271 e. The van der Waals surface area contributed by atoms with Gasteiger partial charge in [0.2, 0.25) is 0 Å². The number of ether oxygens (including phenoxy) is 1. The summed E-state index contributed by atoms with van der Waals surface area (Å²) in [5.41, 5.74) is 0.643. The van der Waals surface area contributed by atoms with Crippen LogP contribution in [0.15, 0.2) is 24.3 Å². The standard InChI is InChI=1S/C13H18N4O3S/c18-17(19)12-3-1-2-11(10-12)15-13(21)14-4-5-16-6-8-20-9-7-16/h1-3,10H,4-9H2,(H2,14,15,21). The fourth-order valence-electron chi connectivity index (χ4n) is 2.02. The molecule has 0 aromatic heterocycles. The summed E-state index contributed by atoms with van der Waals surface area (Å²) in [6.07, 6.45) is 0. The number of benzene rings is 1. The first-order chi connectivity index (χ1) is 10.1. The molecule has 0 atom stereocenters. The third kappa shape index (κ3) is 5.25. The lowest BCUT2D eigenvalue weighted by atomic mass is 10.3. The second-order valence-corrected chi connectivity index (χ2v) is 5.05. The Morgan fingerprint density at radius 3 is 2.90 bits per heavy atom. The number of nitro benzene ring substituents is 1. The van der Waals surface area contributed by atoms with Crippen LogP contribution in [0.5, 0.6) is 0 Å². The van der Waals surface area contributed by atoms with E-state index in [1.165, 1.54) is 12.1 Å². The molecule has 8 heteroatoms. The molecule has 0 unspecified atom stereocenters. The second kappa shape index (κ2) is 7.87. The molecule has 1 aliphatic heterocycles. The zero-order chi connectivity index (χ0) is 15.1.